The van der Waals surface area contributed by atoms with Gasteiger partial charge in [-0.2, -0.15) is 0 Å². The summed E-state index contributed by atoms with van der Waals surface area (Å²) in [6, 6.07) is 0. The second-order valence-corrected chi connectivity index (χ2v) is 7.25. The second kappa shape index (κ2) is 5.92. The van der Waals surface area contributed by atoms with Crippen LogP contribution in [-0.2, 0) is 0 Å². The molecule has 0 heteroatoms. The van der Waals surface area contributed by atoms with Crippen molar-refractivity contribution in [2.75, 3.05) is 0 Å². The van der Waals surface area contributed by atoms with Gasteiger partial charge in [-0.05, 0) is 36.0 Å². The average Bonchev–Trinajstić information content (AvgIpc) is 1.93. The molecular formula is C15H31. The van der Waals surface area contributed by atoms with E-state index in [4.69, 9.17) is 0 Å². The van der Waals surface area contributed by atoms with E-state index in [0.717, 1.165) is 5.92 Å². The fourth-order valence-corrected chi connectivity index (χ4v) is 2.46. The van der Waals surface area contributed by atoms with E-state index in [9.17, 15) is 0 Å². The highest BCUT2D eigenvalue weighted by atomic mass is 14.3. The normalized spacial score (nSPS) is 13.6. The van der Waals surface area contributed by atoms with Crippen LogP contribution < -0.4 is 0 Å². The van der Waals surface area contributed by atoms with Gasteiger partial charge in [0.05, 0.1) is 0 Å². The molecule has 0 aromatic rings. The molecule has 0 aliphatic carbocycles. The highest BCUT2D eigenvalue weighted by molar-refractivity contribution is 4.88. The average molecular weight is 211 g/mol. The topological polar surface area (TPSA) is 0 Å². The number of hydrogen-bond acceptors (Lipinski definition) is 0. The minimum Gasteiger partial charge on any atom is -0.0628 e. The van der Waals surface area contributed by atoms with Gasteiger partial charge in [0.1, 0.15) is 0 Å². The van der Waals surface area contributed by atoms with Crippen molar-refractivity contribution < 1.29 is 0 Å². The van der Waals surface area contributed by atoms with Gasteiger partial charge in [-0.1, -0.05) is 61.3 Å². The molecule has 0 saturated carbocycles. The number of hydrogen-bond donors (Lipinski definition) is 0. The summed E-state index contributed by atoms with van der Waals surface area (Å²) in [4.78, 5) is 0. The van der Waals surface area contributed by atoms with Gasteiger partial charge in [-0.25, -0.2) is 0 Å². The highest BCUT2D eigenvalue weighted by Crippen LogP contribution is 2.36. The van der Waals surface area contributed by atoms with Crippen molar-refractivity contribution in [3.05, 3.63) is 6.42 Å². The van der Waals surface area contributed by atoms with Crippen LogP contribution in [0.1, 0.15) is 74.1 Å². The van der Waals surface area contributed by atoms with Crippen molar-refractivity contribution in [1.82, 2.24) is 0 Å². The minimum atomic E-state index is 0.398. The molecule has 0 nitrogen and oxygen atoms in total. The molecule has 0 atom stereocenters. The molecule has 0 saturated heterocycles. The molecule has 1 radical (unpaired) electrons. The first-order valence-electron chi connectivity index (χ1n) is 6.47. The summed E-state index contributed by atoms with van der Waals surface area (Å²) in [5, 5.41) is 0. The predicted octanol–water partition coefficient (Wildman–Crippen LogP) is 5.48. The standard InChI is InChI=1S/C15H31/c1-13(2)10-8-9-11-15(6,7)12-14(3,4)5/h11,13H,8-10,12H2,1-7H3. The van der Waals surface area contributed by atoms with E-state index in [1.807, 2.05) is 0 Å². The monoisotopic (exact) mass is 211 g/mol. The SMILES string of the molecule is CC(C)CCC[CH]C(C)(C)CC(C)(C)C. The number of rotatable bonds is 6. The lowest BCUT2D eigenvalue weighted by Crippen LogP contribution is -2.21. The predicted molar refractivity (Wildman–Crippen MR) is 70.8 cm³/mol. The summed E-state index contributed by atoms with van der Waals surface area (Å²) in [6.07, 6.45) is 7.80. The molecule has 0 fully saturated rings. The molecule has 0 aromatic carbocycles. The van der Waals surface area contributed by atoms with Crippen molar-refractivity contribution in [1.29, 1.82) is 0 Å². The van der Waals surface area contributed by atoms with E-state index in [-0.39, 0.29) is 0 Å². The molecule has 0 rings (SSSR count). The number of unbranched alkanes of at least 4 members (excludes halogenated alkanes) is 1. The van der Waals surface area contributed by atoms with E-state index in [0.29, 0.717) is 10.8 Å². The van der Waals surface area contributed by atoms with Crippen molar-refractivity contribution in [2.45, 2.75) is 74.1 Å². The van der Waals surface area contributed by atoms with Gasteiger partial charge in [0.2, 0.25) is 0 Å². The third-order valence-electron chi connectivity index (χ3n) is 2.67. The maximum atomic E-state index is 2.53. The zero-order valence-electron chi connectivity index (χ0n) is 12.0. The molecule has 0 amide bonds. The summed E-state index contributed by atoms with van der Waals surface area (Å²) >= 11 is 0. The Hall–Kier alpha value is 0. The van der Waals surface area contributed by atoms with Gasteiger partial charge >= 0.3 is 0 Å². The van der Waals surface area contributed by atoms with Crippen molar-refractivity contribution in [3.63, 3.8) is 0 Å². The fraction of sp³-hybridized carbons (Fsp3) is 0.933. The fourth-order valence-electron chi connectivity index (χ4n) is 2.46. The summed E-state index contributed by atoms with van der Waals surface area (Å²) in [7, 11) is 0. The summed E-state index contributed by atoms with van der Waals surface area (Å²) < 4.78 is 0. The van der Waals surface area contributed by atoms with Crippen LogP contribution in [-0.4, -0.2) is 0 Å². The Morgan fingerprint density at radius 3 is 1.93 bits per heavy atom. The first kappa shape index (κ1) is 15.0. The van der Waals surface area contributed by atoms with Gasteiger partial charge in [0.25, 0.3) is 0 Å². The Bertz CT molecular complexity index is 157. The van der Waals surface area contributed by atoms with Gasteiger partial charge in [-0.3, -0.25) is 0 Å². The van der Waals surface area contributed by atoms with Crippen LogP contribution in [0.2, 0.25) is 0 Å². The van der Waals surface area contributed by atoms with Crippen LogP contribution in [0.5, 0.6) is 0 Å². The third kappa shape index (κ3) is 10.3. The van der Waals surface area contributed by atoms with Crippen LogP contribution in [0.25, 0.3) is 0 Å². The first-order valence-corrected chi connectivity index (χ1v) is 6.47. The largest absolute Gasteiger partial charge is 0.0628 e. The Kier molecular flexibility index (Phi) is 5.92. The summed E-state index contributed by atoms with van der Waals surface area (Å²) in [5.74, 6) is 0.851. The molecule has 0 aliphatic rings. The lowest BCUT2D eigenvalue weighted by atomic mass is 9.73. The van der Waals surface area contributed by atoms with Gasteiger partial charge in [-0.15, -0.1) is 0 Å². The summed E-state index contributed by atoms with van der Waals surface area (Å²) in [5.41, 5.74) is 0.841. The Labute approximate surface area is 97.8 Å². The minimum absolute atomic E-state index is 0.398. The Morgan fingerprint density at radius 2 is 1.53 bits per heavy atom. The van der Waals surface area contributed by atoms with E-state index in [1.54, 1.807) is 0 Å². The van der Waals surface area contributed by atoms with Crippen LogP contribution in [0, 0.1) is 23.2 Å². The maximum absolute atomic E-state index is 2.53. The second-order valence-electron chi connectivity index (χ2n) is 7.25. The molecule has 0 unspecified atom stereocenters. The van der Waals surface area contributed by atoms with Crippen LogP contribution in [0.3, 0.4) is 0 Å². The zero-order valence-corrected chi connectivity index (χ0v) is 12.0. The Balaban J connectivity index is 3.74. The molecule has 15 heavy (non-hydrogen) atoms. The van der Waals surface area contributed by atoms with Crippen molar-refractivity contribution >= 4 is 0 Å². The highest BCUT2D eigenvalue weighted by Gasteiger charge is 2.24. The Morgan fingerprint density at radius 1 is 1.00 bits per heavy atom. The smallest absolute Gasteiger partial charge is 0.0318 e. The van der Waals surface area contributed by atoms with E-state index < -0.39 is 0 Å². The molecule has 0 aromatic heterocycles. The lowest BCUT2D eigenvalue weighted by molar-refractivity contribution is 0.239. The van der Waals surface area contributed by atoms with Gasteiger partial charge < -0.3 is 0 Å². The molecule has 91 valence electrons. The van der Waals surface area contributed by atoms with E-state index >= 15 is 0 Å². The van der Waals surface area contributed by atoms with Gasteiger partial charge in [0, 0.05) is 0 Å². The van der Waals surface area contributed by atoms with Crippen LogP contribution in [0.15, 0.2) is 0 Å². The maximum Gasteiger partial charge on any atom is -0.0318 e. The third-order valence-corrected chi connectivity index (χ3v) is 2.67. The summed E-state index contributed by atoms with van der Waals surface area (Å²) in [6.45, 7) is 16.3. The van der Waals surface area contributed by atoms with Crippen LogP contribution in [0.4, 0.5) is 0 Å². The zero-order chi connectivity index (χ0) is 12.1. The lowest BCUT2D eigenvalue weighted by Gasteiger charge is -2.32. The molecule has 0 aliphatic heterocycles. The molecule has 0 heterocycles. The van der Waals surface area contributed by atoms with Crippen molar-refractivity contribution in [2.24, 2.45) is 16.7 Å². The van der Waals surface area contributed by atoms with E-state index in [2.05, 4.69) is 54.9 Å². The molecule has 0 bridgehead atoms. The van der Waals surface area contributed by atoms with E-state index in [1.165, 1.54) is 25.7 Å². The van der Waals surface area contributed by atoms with Crippen LogP contribution >= 0.6 is 0 Å². The molecule has 0 spiro atoms. The van der Waals surface area contributed by atoms with Crippen molar-refractivity contribution in [3.8, 4) is 0 Å². The quantitative estimate of drug-likeness (QED) is 0.510. The van der Waals surface area contributed by atoms with Gasteiger partial charge in [0.15, 0.2) is 0 Å². The first-order chi connectivity index (χ1) is 6.62. The molecule has 0 N–H and O–H groups in total. The molecular weight excluding hydrogens is 180 g/mol.